The maximum atomic E-state index is 9.68. The Bertz CT molecular complexity index is 6620. The van der Waals surface area contributed by atoms with Crippen LogP contribution in [0.25, 0.3) is 78.3 Å². The van der Waals surface area contributed by atoms with Crippen molar-refractivity contribution in [1.29, 1.82) is 0 Å². The number of rotatable bonds is 12. The summed E-state index contributed by atoms with van der Waals surface area (Å²) in [6.07, 6.45) is 18.7. The molecular weight excluding hydrogens is 2040 g/mol. The Morgan fingerprint density at radius 3 is 1.01 bits per heavy atom. The number of hydrogen-bond donors (Lipinski definition) is 0. The summed E-state index contributed by atoms with van der Waals surface area (Å²) in [5.74, 6) is -1.64. The fourth-order valence-corrected chi connectivity index (χ4v) is 18.5. The van der Waals surface area contributed by atoms with Gasteiger partial charge in [-0.15, -0.1) is 215 Å². The van der Waals surface area contributed by atoms with E-state index in [0.717, 1.165) is 129 Å². The zero-order chi connectivity index (χ0) is 97.6. The minimum atomic E-state index is -2.18. The Balaban J connectivity index is 0.000000137. The molecule has 0 spiro atoms. The molecule has 7 fully saturated rings. The molecule has 6 nitrogen and oxygen atoms in total. The van der Waals surface area contributed by atoms with E-state index in [1.54, 1.807) is 54.7 Å². The zero-order valence-corrected chi connectivity index (χ0v) is 75.6. The van der Waals surface area contributed by atoms with Crippen molar-refractivity contribution < 1.29 is 85.0 Å². The summed E-state index contributed by atoms with van der Waals surface area (Å²) in [4.78, 5) is 25.9. The fourth-order valence-electron chi connectivity index (χ4n) is 18.5. The number of fused-ring (bicyclic) bond motifs is 3. The Labute approximate surface area is 801 Å². The minimum absolute atomic E-state index is 0. The van der Waals surface area contributed by atoms with Gasteiger partial charge in [-0.3, -0.25) is 0 Å². The molecule has 4 unspecified atom stereocenters. The van der Waals surface area contributed by atoms with Crippen LogP contribution in [-0.4, -0.2) is 29.9 Å². The average molecular weight is 2160 g/mol. The van der Waals surface area contributed by atoms with Crippen LogP contribution in [0.2, 0.25) is 0 Å². The monoisotopic (exact) mass is 2170 g/mol. The van der Waals surface area contributed by atoms with E-state index in [0.29, 0.717) is 60.6 Å². The number of nitrogens with zero attached hydrogens (tertiary/aromatic N) is 6. The average Bonchev–Trinajstić information content (AvgIpc) is 0.923. The topological polar surface area (TPSA) is 77.3 Å². The summed E-state index contributed by atoms with van der Waals surface area (Å²) in [6, 6.07) is 119. The van der Waals surface area contributed by atoms with E-state index < -0.39 is 62.8 Å². The van der Waals surface area contributed by atoms with Crippen LogP contribution in [0.4, 0.5) is 0 Å². The van der Waals surface area contributed by atoms with Crippen molar-refractivity contribution in [3.8, 4) is 67.5 Å². The van der Waals surface area contributed by atoms with Gasteiger partial charge in [0.25, 0.3) is 0 Å². The van der Waals surface area contributed by atoms with Crippen LogP contribution in [0.1, 0.15) is 186 Å². The zero-order valence-electron chi connectivity index (χ0n) is 86.4. The van der Waals surface area contributed by atoms with Gasteiger partial charge in [-0.1, -0.05) is 176 Å². The molecule has 0 aliphatic heterocycles. The van der Waals surface area contributed by atoms with Gasteiger partial charge < -0.3 is 29.9 Å². The van der Waals surface area contributed by atoms with E-state index in [-0.39, 0.29) is 94.4 Å². The van der Waals surface area contributed by atoms with Crippen molar-refractivity contribution in [1.82, 2.24) is 29.9 Å². The van der Waals surface area contributed by atoms with Crippen molar-refractivity contribution in [2.45, 2.75) is 133 Å². The Morgan fingerprint density at radius 2 is 0.605 bits per heavy atom. The second-order valence-corrected chi connectivity index (χ2v) is 31.7. The first-order valence-corrected chi connectivity index (χ1v) is 41.9. The first-order chi connectivity index (χ1) is 66.6. The molecule has 16 aromatic rings. The molecule has 124 heavy (non-hydrogen) atoms. The fraction of sp³-hybridized carbons (Fsp3) is 0.235. The minimum Gasteiger partial charge on any atom is -0.305 e. The van der Waals surface area contributed by atoms with E-state index in [9.17, 15) is 4.11 Å². The quantitative estimate of drug-likeness (QED) is 0.113. The van der Waals surface area contributed by atoms with Crippen LogP contribution >= 0.6 is 0 Å². The molecule has 0 saturated heterocycles. The van der Waals surface area contributed by atoms with Crippen LogP contribution in [0, 0.1) is 99.3 Å². The van der Waals surface area contributed by atoms with Gasteiger partial charge in [0.2, 0.25) is 0 Å². The summed E-state index contributed by atoms with van der Waals surface area (Å²) in [6.45, 7) is -8.52. The van der Waals surface area contributed by atoms with Gasteiger partial charge in [0.1, 0.15) is 0 Å². The van der Waals surface area contributed by atoms with Crippen LogP contribution in [0.5, 0.6) is 0 Å². The van der Waals surface area contributed by atoms with Gasteiger partial charge >= 0.3 is 0 Å². The smallest absolute Gasteiger partial charge is 0.0358 e. The van der Waals surface area contributed by atoms with E-state index in [4.69, 9.17) is 20.6 Å². The molecule has 6 heterocycles. The molecule has 6 aromatic heterocycles. The van der Waals surface area contributed by atoms with Gasteiger partial charge in [0.05, 0.1) is 0 Å². The van der Waals surface area contributed by atoms with Crippen molar-refractivity contribution in [2.75, 3.05) is 0 Å². The Morgan fingerprint density at radius 1 is 0.258 bits per heavy atom. The molecule has 3 radical (unpaired) electrons. The molecule has 0 N–H and O–H groups in total. The second kappa shape index (κ2) is 43.8. The summed E-state index contributed by atoms with van der Waals surface area (Å²) in [7, 11) is 0. The Hall–Kier alpha value is -10.7. The van der Waals surface area contributed by atoms with Crippen LogP contribution in [0.15, 0.2) is 353 Å². The summed E-state index contributed by atoms with van der Waals surface area (Å²) >= 11 is 0. The summed E-state index contributed by atoms with van der Waals surface area (Å²) in [5, 5.41) is 2.39. The summed E-state index contributed by atoms with van der Waals surface area (Å²) in [5.41, 5.74) is 17.3. The standard InChI is InChI=1S/C27H26N.C27H24N.C24H22N.C13H12N.2C12H10N.3Ir/c1-3-7-18(8-4-1)25-17-20(11-12-28-25)27-23-13-21-14-24(27)16-22(15-23)26(21)19-9-5-2-6-10-19;1-2-7-23(8-3-1)27-19-26(16-17-28-27)22-12-10-21(11-13-22)25-15-14-20-6-4-5-9-24(20)18-25;1-3-7-17(8-4-1)22-14-21-13-20(22)15-23(21)19-11-12-25-24(16-19)18-9-5-2-6-10-18;1-10-3-6-12(7-4-10)13-8-5-11(2)9-14-13;2*1-10-7-8-12(13-9-10)11-5-3-2-4-6-11;;;/h1-7,9-12,17,21-24,26-27H,13-16H2;1-7,9,14-19,21-22H,10-13H2;1-9,11-12,16,20-23H,13-15H2;3-6,8-9H,1-2H3;2*2-5,7-9H,1H3;;;/q6*-1;;;/i26D,27D;21D,22D;22D,23D;1D3,2D3;2*1D3;;;. The molecule has 0 amide bonds. The number of aryl methyl sites for hydroxylation is 4. The third-order valence-corrected chi connectivity index (χ3v) is 24.1. The number of pyridine rings is 6. The molecule has 7 aliphatic rings. The van der Waals surface area contributed by atoms with E-state index in [1.807, 2.05) is 176 Å². The number of hydrogen-bond acceptors (Lipinski definition) is 6. The molecular formula is C115H104Ir3N6-6. The third-order valence-electron chi connectivity index (χ3n) is 24.1. The van der Waals surface area contributed by atoms with Gasteiger partial charge in [-0.2, -0.15) is 0 Å². The molecule has 10 aromatic carbocycles. The second-order valence-electron chi connectivity index (χ2n) is 31.7. The molecule has 7 saturated carbocycles. The normalized spacial score (nSPS) is 26.8. The SMILES string of the molecule is [2H]C([2H])([2H])c1c[c-]c(-c2ccc(C([2H])([2H])[2H])cn2)cc1.[2H]C([2H])([2H])c1ccc(-c2[c-]cccc2)nc1.[2H]C([2H])([2H])c1ccc(-c2[c-]cccc2)nc1.[2H]C1(c2ccccc2)C2CC3CC1CC(C2)C3([2H])c1ccnc(-c2[c-]cccc2)c1.[2H]C1(c2ccccc2)CC2CC1CC2([2H])c1ccnc(-c2[c-]cccc2)c1.[2H]C1(c2ccnc(-c3[c-]cccc3)c2)CCC([2H])(c2ccc3ccccc3c2)CC1.[Ir].[Ir].[Ir]. The van der Waals surface area contributed by atoms with Gasteiger partial charge in [-0.05, 0) is 264 Å². The van der Waals surface area contributed by atoms with Crippen LogP contribution in [-0.2, 0) is 60.3 Å². The first kappa shape index (κ1) is 68.6. The van der Waals surface area contributed by atoms with Crippen LogP contribution in [0.3, 0.4) is 0 Å². The number of benzene rings is 10. The molecule has 7 aliphatic carbocycles. The molecule has 627 valence electrons. The predicted octanol–water partition coefficient (Wildman–Crippen LogP) is 28.3. The van der Waals surface area contributed by atoms with Gasteiger partial charge in [-0.25, -0.2) is 0 Å². The molecule has 23 rings (SSSR count). The maximum absolute atomic E-state index is 9.68. The molecule has 4 atom stereocenters. The third kappa shape index (κ3) is 22.5. The molecule has 6 bridgehead atoms. The van der Waals surface area contributed by atoms with Gasteiger partial charge in [0.15, 0.2) is 0 Å². The molecule has 9 heteroatoms. The van der Waals surface area contributed by atoms with Crippen molar-refractivity contribution >= 4 is 10.8 Å². The number of aromatic nitrogens is 6. The van der Waals surface area contributed by atoms with Crippen molar-refractivity contribution in [2.24, 2.45) is 35.5 Å². The first-order valence-electron chi connectivity index (χ1n) is 50.9. The largest absolute Gasteiger partial charge is 0.305 e. The van der Waals surface area contributed by atoms with E-state index in [1.165, 1.54) is 53.1 Å². The van der Waals surface area contributed by atoms with E-state index >= 15 is 0 Å². The Kier molecular flexibility index (Phi) is 24.2. The van der Waals surface area contributed by atoms with Gasteiger partial charge in [0, 0.05) is 122 Å². The van der Waals surface area contributed by atoms with Crippen molar-refractivity contribution in [3.63, 3.8) is 0 Å². The van der Waals surface area contributed by atoms with Crippen molar-refractivity contribution in [3.05, 3.63) is 445 Å². The predicted molar refractivity (Wildman–Crippen MR) is 495 cm³/mol. The van der Waals surface area contributed by atoms with Crippen LogP contribution < -0.4 is 0 Å². The maximum Gasteiger partial charge on any atom is 0.0358 e. The summed E-state index contributed by atoms with van der Waals surface area (Å²) < 4.78 is 143. The van der Waals surface area contributed by atoms with E-state index in [2.05, 4.69) is 151 Å².